The van der Waals surface area contributed by atoms with Crippen LogP contribution in [0, 0.1) is 6.92 Å². The summed E-state index contributed by atoms with van der Waals surface area (Å²) in [5, 5.41) is 3.76. The molecule has 5 rings (SSSR count). The highest BCUT2D eigenvalue weighted by atomic mass is 32.2. The summed E-state index contributed by atoms with van der Waals surface area (Å²) in [6, 6.07) is 12.5. The number of thiazole rings is 1. The lowest BCUT2D eigenvalue weighted by Gasteiger charge is -2.10. The van der Waals surface area contributed by atoms with E-state index in [1.54, 1.807) is 48.8 Å². The van der Waals surface area contributed by atoms with Crippen LogP contribution in [0.25, 0.3) is 21.5 Å². The van der Waals surface area contributed by atoms with E-state index in [-0.39, 0.29) is 23.1 Å². The minimum absolute atomic E-state index is 0.0693. The molecule has 0 saturated carbocycles. The van der Waals surface area contributed by atoms with Gasteiger partial charge in [-0.2, -0.15) is 0 Å². The molecule has 1 aliphatic rings. The molecule has 0 atom stereocenters. The molecule has 2 aromatic heterocycles. The Balaban J connectivity index is 1.60. The highest BCUT2D eigenvalue weighted by Gasteiger charge is 2.35. The summed E-state index contributed by atoms with van der Waals surface area (Å²) >= 11 is 1.54. The van der Waals surface area contributed by atoms with Gasteiger partial charge in [-0.25, -0.2) is 18.4 Å². The van der Waals surface area contributed by atoms with Crippen LogP contribution in [0.15, 0.2) is 47.6 Å². The summed E-state index contributed by atoms with van der Waals surface area (Å²) in [7, 11) is -1.99. The predicted octanol–water partition coefficient (Wildman–Crippen LogP) is 3.52. The quantitative estimate of drug-likeness (QED) is 0.506. The lowest BCUT2D eigenvalue weighted by Crippen LogP contribution is -2.17. The zero-order valence-electron chi connectivity index (χ0n) is 16.7. The van der Waals surface area contributed by atoms with E-state index < -0.39 is 15.7 Å². The van der Waals surface area contributed by atoms with Crippen molar-refractivity contribution < 1.29 is 17.9 Å². The van der Waals surface area contributed by atoms with E-state index in [1.165, 1.54) is 4.57 Å². The Morgan fingerprint density at radius 1 is 1.19 bits per heavy atom. The summed E-state index contributed by atoms with van der Waals surface area (Å²) in [4.78, 5) is 22.1. The van der Waals surface area contributed by atoms with Crippen LogP contribution in [0.5, 0.6) is 5.75 Å². The maximum absolute atomic E-state index is 13.3. The number of aryl methyl sites for hydroxylation is 1. The second-order valence-electron chi connectivity index (χ2n) is 7.16. The highest BCUT2D eigenvalue weighted by Crippen LogP contribution is 2.33. The van der Waals surface area contributed by atoms with Crippen LogP contribution in [0.3, 0.4) is 0 Å². The van der Waals surface area contributed by atoms with Gasteiger partial charge in [-0.05, 0) is 37.3 Å². The number of hydrogen-bond donors (Lipinski definition) is 1. The molecule has 0 unspecified atom stereocenters. The highest BCUT2D eigenvalue weighted by molar-refractivity contribution is 7.91. The van der Waals surface area contributed by atoms with Crippen molar-refractivity contribution in [2.24, 2.45) is 0 Å². The summed E-state index contributed by atoms with van der Waals surface area (Å²) in [5.41, 5.74) is 2.60. The molecule has 4 aromatic rings. The number of carbonyl (C=O) groups excluding carboxylic acids is 1. The average Bonchev–Trinajstić information content (AvgIpc) is 3.40. The van der Waals surface area contributed by atoms with Crippen molar-refractivity contribution in [3.05, 3.63) is 53.2 Å². The second-order valence-corrected chi connectivity index (χ2v) is 10.4. The number of benzene rings is 2. The monoisotopic (exact) mass is 454 g/mol. The fourth-order valence-electron chi connectivity index (χ4n) is 3.69. The molecular weight excluding hydrogens is 436 g/mol. The zero-order valence-corrected chi connectivity index (χ0v) is 18.4. The molecule has 0 aliphatic carbocycles. The molecule has 1 amide bonds. The number of ether oxygens (including phenoxy) is 1. The molecule has 158 valence electrons. The normalized spacial score (nSPS) is 14.5. The van der Waals surface area contributed by atoms with Gasteiger partial charge in [-0.1, -0.05) is 12.1 Å². The summed E-state index contributed by atoms with van der Waals surface area (Å²) in [5.74, 6) is 0.0975. The fourth-order valence-corrected chi connectivity index (χ4v) is 5.91. The molecule has 8 nitrogen and oxygen atoms in total. The van der Waals surface area contributed by atoms with Gasteiger partial charge >= 0.3 is 0 Å². The van der Waals surface area contributed by atoms with Gasteiger partial charge in [0.2, 0.25) is 15.0 Å². The fraction of sp³-hybridized carbons (Fsp3) is 0.190. The zero-order chi connectivity index (χ0) is 21.8. The van der Waals surface area contributed by atoms with E-state index in [0.29, 0.717) is 22.7 Å². The van der Waals surface area contributed by atoms with Gasteiger partial charge in [0, 0.05) is 17.8 Å². The molecule has 0 fully saturated rings. The van der Waals surface area contributed by atoms with Gasteiger partial charge in [0.15, 0.2) is 0 Å². The van der Waals surface area contributed by atoms with Crippen molar-refractivity contribution in [3.63, 3.8) is 0 Å². The Labute approximate surface area is 182 Å². The number of methoxy groups -OCH3 is 1. The van der Waals surface area contributed by atoms with Crippen molar-refractivity contribution in [1.29, 1.82) is 0 Å². The summed E-state index contributed by atoms with van der Waals surface area (Å²) in [6.45, 7) is 2.11. The number of anilines is 1. The van der Waals surface area contributed by atoms with E-state index in [0.717, 1.165) is 15.2 Å². The van der Waals surface area contributed by atoms with Crippen molar-refractivity contribution in [2.45, 2.75) is 18.6 Å². The van der Waals surface area contributed by atoms with E-state index in [9.17, 15) is 13.2 Å². The molecule has 0 radical (unpaired) electrons. The van der Waals surface area contributed by atoms with Gasteiger partial charge in [-0.3, -0.25) is 4.79 Å². The minimum Gasteiger partial charge on any atom is -0.497 e. The average molecular weight is 455 g/mol. The number of amides is 1. The topological polar surface area (TPSA) is 103 Å². The van der Waals surface area contributed by atoms with Crippen molar-refractivity contribution >= 4 is 43.0 Å². The SMILES string of the molecule is COc1cccc(-c2nc3n(c2C(=O)Nc2ccc4nc(C)sc4c2)CCS3(=O)=O)c1. The first kappa shape index (κ1) is 19.7. The van der Waals surface area contributed by atoms with Crippen LogP contribution in [0.2, 0.25) is 0 Å². The first-order valence-electron chi connectivity index (χ1n) is 9.52. The molecule has 10 heteroatoms. The van der Waals surface area contributed by atoms with Gasteiger partial charge in [0.1, 0.15) is 17.1 Å². The van der Waals surface area contributed by atoms with Crippen molar-refractivity contribution in [2.75, 3.05) is 18.2 Å². The number of aromatic nitrogens is 3. The smallest absolute Gasteiger partial charge is 0.274 e. The summed E-state index contributed by atoms with van der Waals surface area (Å²) < 4.78 is 32.6. The van der Waals surface area contributed by atoms with Crippen LogP contribution in [0.4, 0.5) is 5.69 Å². The van der Waals surface area contributed by atoms with Crippen molar-refractivity contribution in [3.8, 4) is 17.0 Å². The van der Waals surface area contributed by atoms with E-state index in [4.69, 9.17) is 4.74 Å². The molecule has 3 heterocycles. The first-order valence-corrected chi connectivity index (χ1v) is 12.0. The molecule has 2 aromatic carbocycles. The standard InChI is InChI=1S/C21H18N4O4S2/c1-12-22-16-7-6-14(11-17(16)30-12)23-20(26)19-18(13-4-3-5-15(10-13)29-2)24-21-25(19)8-9-31(21,27)28/h3-7,10-11H,8-9H2,1-2H3,(H,23,26). The first-order chi connectivity index (χ1) is 14.9. The number of carbonyl (C=O) groups is 1. The van der Waals surface area contributed by atoms with Gasteiger partial charge in [0.05, 0.1) is 28.1 Å². The van der Waals surface area contributed by atoms with Gasteiger partial charge in [0.25, 0.3) is 5.91 Å². The Bertz CT molecular complexity index is 1450. The number of nitrogens with one attached hydrogen (secondary N) is 1. The molecule has 0 spiro atoms. The lowest BCUT2D eigenvalue weighted by molar-refractivity contribution is 0.101. The van der Waals surface area contributed by atoms with Crippen LogP contribution in [-0.4, -0.2) is 41.7 Å². The van der Waals surface area contributed by atoms with Crippen LogP contribution < -0.4 is 10.1 Å². The maximum Gasteiger partial charge on any atom is 0.274 e. The van der Waals surface area contributed by atoms with Gasteiger partial charge < -0.3 is 14.6 Å². The number of imidazole rings is 1. The molecule has 0 bridgehead atoms. The van der Waals surface area contributed by atoms with E-state index in [2.05, 4.69) is 15.3 Å². The maximum atomic E-state index is 13.3. The van der Waals surface area contributed by atoms with Crippen LogP contribution in [-0.2, 0) is 16.4 Å². The molecule has 0 saturated heterocycles. The largest absolute Gasteiger partial charge is 0.497 e. The third-order valence-electron chi connectivity index (χ3n) is 5.11. The lowest BCUT2D eigenvalue weighted by atomic mass is 10.1. The number of fused-ring (bicyclic) bond motifs is 2. The minimum atomic E-state index is -3.53. The number of hydrogen-bond acceptors (Lipinski definition) is 7. The third kappa shape index (κ3) is 3.37. The number of nitrogens with zero attached hydrogens (tertiary/aromatic N) is 3. The van der Waals surface area contributed by atoms with Gasteiger partial charge in [-0.15, -0.1) is 11.3 Å². The van der Waals surface area contributed by atoms with E-state index in [1.807, 2.05) is 19.1 Å². The Morgan fingerprint density at radius 2 is 2.03 bits per heavy atom. The number of sulfone groups is 1. The van der Waals surface area contributed by atoms with Crippen LogP contribution in [0.1, 0.15) is 15.5 Å². The molecule has 1 N–H and O–H groups in total. The predicted molar refractivity (Wildman–Crippen MR) is 119 cm³/mol. The van der Waals surface area contributed by atoms with Crippen LogP contribution >= 0.6 is 11.3 Å². The second kappa shape index (κ2) is 7.17. The van der Waals surface area contributed by atoms with Crippen molar-refractivity contribution in [1.82, 2.24) is 14.5 Å². The van der Waals surface area contributed by atoms with E-state index >= 15 is 0 Å². The third-order valence-corrected chi connectivity index (χ3v) is 7.63. The molecular formula is C21H18N4O4S2. The molecule has 1 aliphatic heterocycles. The Hall–Kier alpha value is -3.24. The Kier molecular flexibility index (Phi) is 4.56. The molecule has 31 heavy (non-hydrogen) atoms. The number of rotatable bonds is 4. The Morgan fingerprint density at radius 3 is 2.84 bits per heavy atom. The summed E-state index contributed by atoms with van der Waals surface area (Å²) in [6.07, 6.45) is 0.